The molecular formula is C82H54B2ClN3O2. The number of anilines is 6. The van der Waals surface area contributed by atoms with E-state index >= 15 is 0 Å². The number of aromatic nitrogens is 1. The zero-order valence-corrected chi connectivity index (χ0v) is 49.7. The van der Waals surface area contributed by atoms with Crippen molar-refractivity contribution in [3.8, 4) is 61.7 Å². The fourth-order valence-corrected chi connectivity index (χ4v) is 15.0. The molecule has 0 spiro atoms. The van der Waals surface area contributed by atoms with Crippen molar-refractivity contribution < 1.29 is 22.9 Å². The number of rotatable bonds is 6. The Morgan fingerprint density at radius 2 is 1.06 bits per heavy atom. The van der Waals surface area contributed by atoms with E-state index in [1.807, 2.05) is 146 Å². The molecule has 0 saturated heterocycles. The summed E-state index contributed by atoms with van der Waals surface area (Å²) in [7, 11) is 0. The third-order valence-electron chi connectivity index (χ3n) is 18.8. The van der Waals surface area contributed by atoms with E-state index in [1.165, 1.54) is 0 Å². The number of benzene rings is 13. The summed E-state index contributed by atoms with van der Waals surface area (Å²) in [5.74, 6) is 0.749. The summed E-state index contributed by atoms with van der Waals surface area (Å²) in [5.41, 5.74) is 15.8. The van der Waals surface area contributed by atoms with Crippen LogP contribution in [0.1, 0.15) is 40.0 Å². The van der Waals surface area contributed by atoms with Gasteiger partial charge in [-0.15, -0.1) is 0 Å². The van der Waals surface area contributed by atoms with Crippen molar-refractivity contribution in [1.82, 2.24) is 4.57 Å². The highest BCUT2D eigenvalue weighted by molar-refractivity contribution is 7.02. The second-order valence-electron chi connectivity index (χ2n) is 24.8. The van der Waals surface area contributed by atoms with Gasteiger partial charge < -0.3 is 23.5 Å². The Labute approximate surface area is 541 Å². The van der Waals surface area contributed by atoms with Crippen molar-refractivity contribution in [1.29, 1.82) is 0 Å². The SMILES string of the molecule is [2H]c1c([2H])c2c(c([2H])c1Cl)N(c1c(-c3ccccc3)cc(-c3ccccc3)cc1-c1ccccc1)c1cc(C(C)(C)C)cc3c1B2c1cc2c4c(c1N3c1cccc3c1oc1ccccc13)Oc1cc(-c3ccccc3)ccc1B4c1c([2H])c([2H])c([2H])c3c4c([2H])c([2H])c([2H])c([2H])c4n-2c13. The normalized spacial score (nSPS) is 14.9. The van der Waals surface area contributed by atoms with E-state index in [0.717, 1.165) is 60.8 Å². The quantitative estimate of drug-likeness (QED) is 0.155. The van der Waals surface area contributed by atoms with Gasteiger partial charge in [-0.2, -0.15) is 0 Å². The molecule has 0 fully saturated rings. The largest absolute Gasteiger partial charge is 0.456 e. The van der Waals surface area contributed by atoms with Crippen LogP contribution in [0, 0.1) is 0 Å². The van der Waals surface area contributed by atoms with Gasteiger partial charge >= 0.3 is 0 Å². The number of para-hydroxylation sites is 4. The van der Waals surface area contributed by atoms with E-state index < -0.39 is 43.0 Å². The summed E-state index contributed by atoms with van der Waals surface area (Å²) in [5, 5.41) is 1.66. The van der Waals surface area contributed by atoms with Crippen LogP contribution < -0.4 is 47.3 Å². The van der Waals surface area contributed by atoms with Crippen molar-refractivity contribution in [2.75, 3.05) is 9.80 Å². The van der Waals surface area contributed by atoms with Crippen LogP contribution >= 0.6 is 11.6 Å². The minimum Gasteiger partial charge on any atom is -0.456 e. The van der Waals surface area contributed by atoms with Gasteiger partial charge in [-0.1, -0.05) is 238 Å². The maximum atomic E-state index is 10.8. The maximum Gasteiger partial charge on any atom is 0.256 e. The predicted molar refractivity (Wildman–Crippen MR) is 379 cm³/mol. The zero-order chi connectivity index (χ0) is 68.4. The van der Waals surface area contributed by atoms with Crippen molar-refractivity contribution in [2.45, 2.75) is 26.2 Å². The third kappa shape index (κ3) is 7.35. The molecule has 19 rings (SSSR count). The molecule has 6 heterocycles. The Hall–Kier alpha value is -10.7. The summed E-state index contributed by atoms with van der Waals surface area (Å²) in [6.45, 7) is 4.56. The molecule has 0 unspecified atom stereocenters. The first kappa shape index (κ1) is 42.2. The lowest BCUT2D eigenvalue weighted by atomic mass is 9.31. The molecule has 0 atom stereocenters. The van der Waals surface area contributed by atoms with Gasteiger partial charge in [0.25, 0.3) is 13.4 Å². The van der Waals surface area contributed by atoms with E-state index in [4.69, 9.17) is 22.1 Å². The molecule has 5 nitrogen and oxygen atoms in total. The first-order chi connectivity index (χ1) is 48.4. The Morgan fingerprint density at radius 1 is 0.433 bits per heavy atom. The summed E-state index contributed by atoms with van der Waals surface area (Å²) >= 11 is 7.48. The minimum atomic E-state index is -1.05. The number of hydrogen-bond acceptors (Lipinski definition) is 4. The van der Waals surface area contributed by atoms with Gasteiger partial charge in [0, 0.05) is 66.0 Å². The van der Waals surface area contributed by atoms with Gasteiger partial charge in [-0.05, 0) is 144 Å². The molecule has 0 bridgehead atoms. The number of ether oxygens (including phenoxy) is 1. The van der Waals surface area contributed by atoms with Gasteiger partial charge in [-0.3, -0.25) is 0 Å². The van der Waals surface area contributed by atoms with Crippen LogP contribution in [0.2, 0.25) is 5.02 Å². The van der Waals surface area contributed by atoms with E-state index in [1.54, 1.807) is 4.57 Å². The Kier molecular flexibility index (Phi) is 8.98. The van der Waals surface area contributed by atoms with Crippen molar-refractivity contribution in [3.05, 3.63) is 283 Å². The fourth-order valence-electron chi connectivity index (χ4n) is 14.9. The van der Waals surface area contributed by atoms with Crippen molar-refractivity contribution in [3.63, 3.8) is 0 Å². The molecule has 2 aromatic heterocycles. The molecule has 4 aliphatic rings. The highest BCUT2D eigenvalue weighted by atomic mass is 35.5. The first-order valence-electron chi connectivity index (χ1n) is 35.3. The molecule has 90 heavy (non-hydrogen) atoms. The van der Waals surface area contributed by atoms with Gasteiger partial charge in [-0.25, -0.2) is 0 Å². The van der Waals surface area contributed by atoms with Crippen LogP contribution in [-0.2, 0) is 5.41 Å². The van der Waals surface area contributed by atoms with Gasteiger partial charge in [0.15, 0.2) is 5.58 Å². The molecule has 8 heteroatoms. The minimum absolute atomic E-state index is 0.0353. The molecule has 0 radical (unpaired) electrons. The fraction of sp³-hybridized carbons (Fsp3) is 0.0488. The third-order valence-corrected chi connectivity index (χ3v) is 19.0. The smallest absolute Gasteiger partial charge is 0.256 e. The molecule has 15 aromatic rings. The average Bonchev–Trinajstić information content (AvgIpc) is 1.15. The zero-order valence-electron chi connectivity index (χ0n) is 58.9. The van der Waals surface area contributed by atoms with Crippen LogP contribution in [0.5, 0.6) is 11.5 Å². The number of hydrogen-bond donors (Lipinski definition) is 0. The van der Waals surface area contributed by atoms with E-state index in [9.17, 15) is 12.3 Å². The molecule has 0 aliphatic carbocycles. The summed E-state index contributed by atoms with van der Waals surface area (Å²) in [4.78, 5) is 4.34. The predicted octanol–water partition coefficient (Wildman–Crippen LogP) is 18.3. The molecule has 0 N–H and O–H groups in total. The molecule has 13 aromatic carbocycles. The van der Waals surface area contributed by atoms with E-state index in [2.05, 4.69) is 97.3 Å². The van der Waals surface area contributed by atoms with Crippen molar-refractivity contribution >= 4 is 136 Å². The second-order valence-corrected chi connectivity index (χ2v) is 25.2. The molecular weight excluding hydrogens is 1120 g/mol. The monoisotopic (exact) mass is 1180 g/mol. The summed E-state index contributed by atoms with van der Waals surface area (Å²) in [6.07, 6.45) is 0. The average molecular weight is 1180 g/mol. The summed E-state index contributed by atoms with van der Waals surface area (Å²) < 4.78 is 116. The van der Waals surface area contributed by atoms with E-state index in [0.29, 0.717) is 89.6 Å². The highest BCUT2D eigenvalue weighted by Gasteiger charge is 2.51. The lowest BCUT2D eigenvalue weighted by Crippen LogP contribution is -2.64. The van der Waals surface area contributed by atoms with Crippen LogP contribution in [0.3, 0.4) is 0 Å². The number of nitrogens with zero attached hydrogens (tertiary/aromatic N) is 3. The number of fused-ring (bicyclic) bond motifs is 15. The Bertz CT molecular complexity index is 6110. The Balaban J connectivity index is 1.04. The molecule has 4 aliphatic heterocycles. The van der Waals surface area contributed by atoms with Crippen LogP contribution in [0.4, 0.5) is 34.1 Å². The Morgan fingerprint density at radius 3 is 1.77 bits per heavy atom. The maximum absolute atomic E-state index is 10.8. The lowest BCUT2D eigenvalue weighted by Gasteiger charge is -2.47. The van der Waals surface area contributed by atoms with Gasteiger partial charge in [0.2, 0.25) is 0 Å². The molecule has 0 saturated carbocycles. The van der Waals surface area contributed by atoms with Crippen LogP contribution in [0.15, 0.2) is 277 Å². The van der Waals surface area contributed by atoms with E-state index in [-0.39, 0.29) is 68.8 Å². The number of halogens is 1. The lowest BCUT2D eigenvalue weighted by molar-refractivity contribution is 0.489. The molecule has 0 amide bonds. The highest BCUT2D eigenvalue weighted by Crippen LogP contribution is 2.55. The van der Waals surface area contributed by atoms with Crippen LogP contribution in [0.25, 0.3) is 93.9 Å². The van der Waals surface area contributed by atoms with Gasteiger partial charge in [0.05, 0.1) is 36.3 Å². The molecule has 422 valence electrons. The van der Waals surface area contributed by atoms with Gasteiger partial charge in [0.1, 0.15) is 17.1 Å². The number of furan rings is 1. The van der Waals surface area contributed by atoms with Crippen molar-refractivity contribution in [2.24, 2.45) is 0 Å². The standard InChI is InChI=1S/C82H54B2ClN3O2/c1-82(2,3)55-45-70-75-71(46-55)88(77-61(51-26-12-6-13-27-51)42-54(50-24-10-5-11-25-50)43-62(77)52-28-14-7-15-29-52)69-47-56(85)39-41-63(69)83(75)66-48-72-76-81(79(66)87(70)68-36-21-33-60-58-31-17-19-37-73(58)89-80(60)68)90-74-44-53(49-22-8-4-9-23-49)38-40-64(74)84(76)65-34-20-32-59-57-30-16-18-35-67(57)86(72)78(59)65/h4-48H,1-3H3/i16D,18D,20D,30D,32D,34D,35D,39D,41D,47D. The summed E-state index contributed by atoms with van der Waals surface area (Å²) in [6, 6.07) is 67.9. The first-order valence-corrected chi connectivity index (χ1v) is 30.7. The second kappa shape index (κ2) is 19.1. The van der Waals surface area contributed by atoms with Crippen LogP contribution in [-0.4, -0.2) is 18.0 Å². The topological polar surface area (TPSA) is 33.8 Å².